The Hall–Kier alpha value is -2.09. The fourth-order valence-corrected chi connectivity index (χ4v) is 2.49. The van der Waals surface area contributed by atoms with Crippen LogP contribution in [0.15, 0.2) is 48.5 Å². The minimum absolute atomic E-state index is 0.0149. The van der Waals surface area contributed by atoms with Crippen molar-refractivity contribution in [1.29, 1.82) is 0 Å². The number of fused-ring (bicyclic) bond motifs is 1. The summed E-state index contributed by atoms with van der Waals surface area (Å²) in [5.74, 6) is 0.811. The average molecular weight is 252 g/mol. The summed E-state index contributed by atoms with van der Waals surface area (Å²) in [4.78, 5) is 11.9. The molecule has 2 aromatic rings. The molecule has 0 bridgehead atoms. The molecule has 0 saturated carbocycles. The van der Waals surface area contributed by atoms with E-state index in [1.165, 1.54) is 24.0 Å². The van der Waals surface area contributed by atoms with E-state index in [9.17, 15) is 4.79 Å². The molecule has 1 aliphatic carbocycles. The molecular formula is C17H16O2. The van der Waals surface area contributed by atoms with Crippen molar-refractivity contribution in [2.24, 2.45) is 0 Å². The second kappa shape index (κ2) is 5.27. The molecule has 2 aromatic carbocycles. The summed E-state index contributed by atoms with van der Waals surface area (Å²) in [5, 5.41) is 0. The Morgan fingerprint density at radius 1 is 1.00 bits per heavy atom. The zero-order valence-electron chi connectivity index (χ0n) is 10.8. The van der Waals surface area contributed by atoms with E-state index in [4.69, 9.17) is 4.74 Å². The summed E-state index contributed by atoms with van der Waals surface area (Å²) in [6.45, 7) is 0.1000. The average Bonchev–Trinajstić information content (AvgIpc) is 2.93. The second-order valence-electron chi connectivity index (χ2n) is 4.86. The molecule has 3 rings (SSSR count). The molecule has 1 aliphatic rings. The second-order valence-corrected chi connectivity index (χ2v) is 4.86. The number of Topliss-reactive ketones (excluding diaryl/α,β-unsaturated/α-hetero) is 1. The van der Waals surface area contributed by atoms with Crippen molar-refractivity contribution in [2.75, 3.05) is 6.61 Å². The number of hydrogen-bond acceptors (Lipinski definition) is 2. The first-order chi connectivity index (χ1) is 9.33. The number of benzene rings is 2. The lowest BCUT2D eigenvalue weighted by Crippen LogP contribution is -2.11. The fraction of sp³-hybridized carbons (Fsp3) is 0.235. The van der Waals surface area contributed by atoms with Crippen LogP contribution in [0, 0.1) is 0 Å². The minimum atomic E-state index is 0.0149. The van der Waals surface area contributed by atoms with Crippen LogP contribution in [0.2, 0.25) is 0 Å². The van der Waals surface area contributed by atoms with Gasteiger partial charge >= 0.3 is 0 Å². The summed E-state index contributed by atoms with van der Waals surface area (Å²) in [6.07, 6.45) is 3.51. The Balaban J connectivity index is 1.65. The summed E-state index contributed by atoms with van der Waals surface area (Å²) in [6, 6.07) is 15.4. The van der Waals surface area contributed by atoms with Gasteiger partial charge in [0.15, 0.2) is 12.4 Å². The SMILES string of the molecule is O=C(COc1ccc2c(c1)CCC2)c1ccccc1. The lowest BCUT2D eigenvalue weighted by atomic mass is 10.1. The number of ketones is 1. The maximum absolute atomic E-state index is 11.9. The summed E-state index contributed by atoms with van der Waals surface area (Å²) >= 11 is 0. The first-order valence-corrected chi connectivity index (χ1v) is 6.66. The van der Waals surface area contributed by atoms with Crippen LogP contribution in [0.3, 0.4) is 0 Å². The van der Waals surface area contributed by atoms with E-state index in [-0.39, 0.29) is 12.4 Å². The first-order valence-electron chi connectivity index (χ1n) is 6.66. The van der Waals surface area contributed by atoms with Crippen LogP contribution in [0.1, 0.15) is 27.9 Å². The lowest BCUT2D eigenvalue weighted by Gasteiger charge is -2.07. The van der Waals surface area contributed by atoms with Gasteiger partial charge in [-0.15, -0.1) is 0 Å². The zero-order chi connectivity index (χ0) is 13.1. The van der Waals surface area contributed by atoms with Crippen LogP contribution in [0.4, 0.5) is 0 Å². The van der Waals surface area contributed by atoms with Crippen LogP contribution < -0.4 is 4.74 Å². The Kier molecular flexibility index (Phi) is 3.32. The molecule has 0 amide bonds. The fourth-order valence-electron chi connectivity index (χ4n) is 2.49. The predicted octanol–water partition coefficient (Wildman–Crippen LogP) is 3.44. The third-order valence-electron chi connectivity index (χ3n) is 3.54. The molecule has 0 N–H and O–H groups in total. The van der Waals surface area contributed by atoms with Gasteiger partial charge in [-0.1, -0.05) is 36.4 Å². The monoisotopic (exact) mass is 252 g/mol. The molecule has 2 nitrogen and oxygen atoms in total. The number of carbonyl (C=O) groups excluding carboxylic acids is 1. The molecule has 0 atom stereocenters. The van der Waals surface area contributed by atoms with Gasteiger partial charge in [-0.2, -0.15) is 0 Å². The van der Waals surface area contributed by atoms with Crippen molar-refractivity contribution >= 4 is 5.78 Å². The Bertz CT molecular complexity index is 587. The highest BCUT2D eigenvalue weighted by Gasteiger charge is 2.12. The Morgan fingerprint density at radius 3 is 2.63 bits per heavy atom. The van der Waals surface area contributed by atoms with Crippen LogP contribution in [-0.4, -0.2) is 12.4 Å². The molecule has 19 heavy (non-hydrogen) atoms. The summed E-state index contributed by atoms with van der Waals surface area (Å²) < 4.78 is 5.60. The van der Waals surface area contributed by atoms with Gasteiger partial charge in [-0.05, 0) is 42.5 Å². The van der Waals surface area contributed by atoms with Crippen LogP contribution in [-0.2, 0) is 12.8 Å². The van der Waals surface area contributed by atoms with Gasteiger partial charge in [-0.3, -0.25) is 4.79 Å². The van der Waals surface area contributed by atoms with Gasteiger partial charge in [0.25, 0.3) is 0 Å². The Labute approximate surface area is 113 Å². The van der Waals surface area contributed by atoms with Gasteiger partial charge in [0.2, 0.25) is 0 Å². The first kappa shape index (κ1) is 12.0. The third-order valence-corrected chi connectivity index (χ3v) is 3.54. The van der Waals surface area contributed by atoms with Gasteiger partial charge in [-0.25, -0.2) is 0 Å². The van der Waals surface area contributed by atoms with Crippen LogP contribution in [0.25, 0.3) is 0 Å². The van der Waals surface area contributed by atoms with Gasteiger partial charge in [0.1, 0.15) is 5.75 Å². The van der Waals surface area contributed by atoms with E-state index in [2.05, 4.69) is 12.1 Å². The predicted molar refractivity (Wildman–Crippen MR) is 74.7 cm³/mol. The van der Waals surface area contributed by atoms with E-state index >= 15 is 0 Å². The normalized spacial score (nSPS) is 13.1. The van der Waals surface area contributed by atoms with Crippen LogP contribution in [0.5, 0.6) is 5.75 Å². The molecule has 0 heterocycles. The van der Waals surface area contributed by atoms with E-state index in [0.29, 0.717) is 5.56 Å². The van der Waals surface area contributed by atoms with Crippen molar-refractivity contribution < 1.29 is 9.53 Å². The quantitative estimate of drug-likeness (QED) is 0.779. The molecule has 0 aliphatic heterocycles. The van der Waals surface area contributed by atoms with Gasteiger partial charge in [0, 0.05) is 5.56 Å². The topological polar surface area (TPSA) is 26.3 Å². The molecular weight excluding hydrogens is 236 g/mol. The third kappa shape index (κ3) is 2.68. The number of hydrogen-bond donors (Lipinski definition) is 0. The molecule has 96 valence electrons. The highest BCUT2D eigenvalue weighted by Crippen LogP contribution is 2.26. The van der Waals surface area contributed by atoms with E-state index in [1.807, 2.05) is 36.4 Å². The van der Waals surface area contributed by atoms with Crippen molar-refractivity contribution in [3.05, 3.63) is 65.2 Å². The lowest BCUT2D eigenvalue weighted by molar-refractivity contribution is 0.0921. The summed E-state index contributed by atoms with van der Waals surface area (Å²) in [5.41, 5.74) is 3.48. The van der Waals surface area contributed by atoms with Crippen molar-refractivity contribution in [1.82, 2.24) is 0 Å². The molecule has 0 unspecified atom stereocenters. The highest BCUT2D eigenvalue weighted by molar-refractivity contribution is 5.97. The standard InChI is InChI=1S/C17H16O2/c18-17(14-5-2-1-3-6-14)12-19-16-10-9-13-7-4-8-15(13)11-16/h1-3,5-6,9-11H,4,7-8,12H2. The van der Waals surface area contributed by atoms with Gasteiger partial charge < -0.3 is 4.74 Å². The van der Waals surface area contributed by atoms with E-state index in [1.54, 1.807) is 0 Å². The zero-order valence-corrected chi connectivity index (χ0v) is 10.8. The number of aryl methyl sites for hydroxylation is 2. The molecule has 0 radical (unpaired) electrons. The van der Waals surface area contributed by atoms with Crippen LogP contribution >= 0.6 is 0 Å². The van der Waals surface area contributed by atoms with E-state index < -0.39 is 0 Å². The molecule has 0 saturated heterocycles. The number of rotatable bonds is 4. The molecule has 0 fully saturated rings. The molecule has 2 heteroatoms. The maximum Gasteiger partial charge on any atom is 0.200 e. The van der Waals surface area contributed by atoms with Crippen molar-refractivity contribution in [3.63, 3.8) is 0 Å². The summed E-state index contributed by atoms with van der Waals surface area (Å²) in [7, 11) is 0. The number of carbonyl (C=O) groups is 1. The largest absolute Gasteiger partial charge is 0.485 e. The smallest absolute Gasteiger partial charge is 0.200 e. The molecule has 0 aromatic heterocycles. The van der Waals surface area contributed by atoms with E-state index in [0.717, 1.165) is 12.2 Å². The maximum atomic E-state index is 11.9. The van der Waals surface area contributed by atoms with Crippen molar-refractivity contribution in [2.45, 2.75) is 19.3 Å². The highest BCUT2D eigenvalue weighted by atomic mass is 16.5. The van der Waals surface area contributed by atoms with Crippen molar-refractivity contribution in [3.8, 4) is 5.75 Å². The Morgan fingerprint density at radius 2 is 1.79 bits per heavy atom. The minimum Gasteiger partial charge on any atom is -0.485 e. The van der Waals surface area contributed by atoms with Gasteiger partial charge in [0.05, 0.1) is 0 Å². The molecule has 0 spiro atoms. The number of ether oxygens (including phenoxy) is 1.